The maximum Gasteiger partial charge on any atom is 0.262 e. The van der Waals surface area contributed by atoms with E-state index in [2.05, 4.69) is 41.2 Å². The van der Waals surface area contributed by atoms with E-state index in [1.54, 1.807) is 84.6 Å². The highest BCUT2D eigenvalue weighted by Gasteiger charge is 2.56. The van der Waals surface area contributed by atoms with Gasteiger partial charge >= 0.3 is 0 Å². The predicted molar refractivity (Wildman–Crippen MR) is 527 cm³/mol. The Morgan fingerprint density at radius 2 is 0.739 bits per heavy atom. The number of hydrogen-bond acceptors (Lipinski definition) is 24. The molecular weight excluding hydrogens is 1810 g/mol. The normalized spacial score (nSPS) is 23.2. The van der Waals surface area contributed by atoms with Gasteiger partial charge in [-0.1, -0.05) is 172 Å². The molecule has 10 fully saturated rings. The number of aryl methyl sites for hydroxylation is 2. The lowest BCUT2D eigenvalue weighted by molar-refractivity contribution is -0.146. The Morgan fingerprint density at radius 3 is 1.03 bits per heavy atom. The van der Waals surface area contributed by atoms with Crippen LogP contribution in [0.4, 0.5) is 0 Å². The second-order valence-corrected chi connectivity index (χ2v) is 42.7. The van der Waals surface area contributed by atoms with Gasteiger partial charge in [0.2, 0.25) is 58.8 Å². The largest absolute Gasteiger partial charge is 0.344 e. The van der Waals surface area contributed by atoms with Crippen LogP contribution in [0.2, 0.25) is 0 Å². The molecule has 14 atom stereocenters. The number of ketones is 8. The third-order valence-electron chi connectivity index (χ3n) is 30.4. The van der Waals surface area contributed by atoms with E-state index in [4.69, 9.17) is 0 Å². The number of carbonyl (C=O) groups is 20. The van der Waals surface area contributed by atoms with Crippen molar-refractivity contribution in [1.82, 2.24) is 60.8 Å². The number of benzene rings is 2. The van der Waals surface area contributed by atoms with Gasteiger partial charge in [-0.05, 0) is 199 Å². The molecule has 0 radical (unpaired) electrons. The van der Waals surface area contributed by atoms with Crippen LogP contribution in [-0.2, 0) is 67.1 Å². The molecule has 6 aliphatic heterocycles. The van der Waals surface area contributed by atoms with Gasteiger partial charge < -0.3 is 20.4 Å². The fourth-order valence-corrected chi connectivity index (χ4v) is 22.5. The molecule has 32 nitrogen and oxygen atoms in total. The fourth-order valence-electron chi connectivity index (χ4n) is 22.5. The second kappa shape index (κ2) is 50.1. The van der Waals surface area contributed by atoms with Crippen molar-refractivity contribution in [2.75, 3.05) is 13.1 Å². The Hall–Kier alpha value is -11.6. The highest BCUT2D eigenvalue weighted by Crippen LogP contribution is 2.48. The molecule has 12 amide bonds. The summed E-state index contributed by atoms with van der Waals surface area (Å²) in [6.45, 7) is 27.8. The number of likely N-dealkylation sites (tertiary alicyclic amines) is 2. The van der Waals surface area contributed by atoms with Crippen molar-refractivity contribution in [3.63, 3.8) is 0 Å². The number of nitrogens with zero attached hydrogens (tertiary/aromatic N) is 8. The first kappa shape index (κ1) is 111. The van der Waals surface area contributed by atoms with Gasteiger partial charge in [0.05, 0.1) is 58.1 Å². The van der Waals surface area contributed by atoms with Gasteiger partial charge in [-0.2, -0.15) is 0 Å². The number of hydrogen-bond donors (Lipinski definition) is 4. The molecule has 0 spiro atoms. The predicted octanol–water partition coefficient (Wildman–Crippen LogP) is 14.3. The van der Waals surface area contributed by atoms with Crippen LogP contribution in [0.3, 0.4) is 0 Å². The average Bonchev–Trinajstić information content (AvgIpc) is 1.62. The van der Waals surface area contributed by atoms with E-state index in [0.717, 1.165) is 138 Å². The number of aromatic nitrogens is 4. The molecule has 768 valence electrons. The van der Waals surface area contributed by atoms with Crippen molar-refractivity contribution in [2.24, 2.45) is 81.8 Å². The second-order valence-electron chi connectivity index (χ2n) is 42.7. The number of piperidine rings is 2. The highest BCUT2D eigenvalue weighted by atomic mass is 16.2. The van der Waals surface area contributed by atoms with E-state index < -0.39 is 118 Å². The summed E-state index contributed by atoms with van der Waals surface area (Å²) >= 11 is 0. The van der Waals surface area contributed by atoms with Crippen LogP contribution >= 0.6 is 0 Å². The van der Waals surface area contributed by atoms with Gasteiger partial charge in [0, 0.05) is 101 Å². The van der Waals surface area contributed by atoms with E-state index in [-0.39, 0.29) is 181 Å². The summed E-state index contributed by atoms with van der Waals surface area (Å²) < 4.78 is 0. The van der Waals surface area contributed by atoms with Crippen molar-refractivity contribution in [1.29, 1.82) is 0 Å². The lowest BCUT2D eigenvalue weighted by Gasteiger charge is -2.38. The van der Waals surface area contributed by atoms with Crippen molar-refractivity contribution in [2.45, 2.75) is 351 Å². The monoisotopic (exact) mass is 1960 g/mol. The number of amides is 12. The van der Waals surface area contributed by atoms with E-state index in [1.165, 1.54) is 12.4 Å². The molecule has 6 aliphatic carbocycles. The Kier molecular flexibility index (Phi) is 39.1. The van der Waals surface area contributed by atoms with Crippen molar-refractivity contribution in [3.05, 3.63) is 118 Å². The maximum atomic E-state index is 14.7. The molecule has 4 aromatic rings. The summed E-state index contributed by atoms with van der Waals surface area (Å²) in [7, 11) is 0. The zero-order valence-corrected chi connectivity index (χ0v) is 85.5. The van der Waals surface area contributed by atoms with Crippen LogP contribution in [-0.4, -0.2) is 206 Å². The summed E-state index contributed by atoms with van der Waals surface area (Å²) in [6, 6.07) is 7.89. The summed E-state index contributed by atoms with van der Waals surface area (Å²) in [6.07, 6.45) is 28.2. The number of rotatable bonds is 34. The molecule has 16 rings (SSSR count). The number of imide groups is 4. The first-order valence-corrected chi connectivity index (χ1v) is 52.4. The third-order valence-corrected chi connectivity index (χ3v) is 30.4. The molecule has 6 saturated carbocycles. The zero-order chi connectivity index (χ0) is 103. The van der Waals surface area contributed by atoms with E-state index in [0.29, 0.717) is 84.3 Å². The molecule has 12 aliphatic rings. The maximum absolute atomic E-state index is 14.7. The molecule has 0 bridgehead atoms. The molecule has 4 saturated heterocycles. The fraction of sp³-hybridized carbons (Fsp3) is 0.636. The van der Waals surface area contributed by atoms with Gasteiger partial charge in [-0.25, -0.2) is 9.97 Å². The molecule has 4 N–H and O–H groups in total. The van der Waals surface area contributed by atoms with Crippen molar-refractivity contribution >= 4 is 117 Å². The highest BCUT2D eigenvalue weighted by molar-refractivity contribution is 6.39. The van der Waals surface area contributed by atoms with Crippen LogP contribution in [0.25, 0.3) is 0 Å². The van der Waals surface area contributed by atoms with E-state index in [1.807, 2.05) is 83.1 Å². The lowest BCUT2D eigenvalue weighted by Crippen LogP contribution is -2.58. The van der Waals surface area contributed by atoms with Crippen LogP contribution in [0, 0.1) is 95.7 Å². The first-order valence-electron chi connectivity index (χ1n) is 52.4. The minimum absolute atomic E-state index is 0.00513. The Labute approximate surface area is 834 Å². The number of carbonyl (C=O) groups excluding carboxylic acids is 20. The molecule has 32 heteroatoms. The topological polar surface area (TPSA) is 454 Å². The van der Waals surface area contributed by atoms with Crippen molar-refractivity contribution < 1.29 is 95.9 Å². The Morgan fingerprint density at radius 1 is 0.408 bits per heavy atom. The molecular formula is C110H148N12O20. The van der Waals surface area contributed by atoms with E-state index >= 15 is 0 Å². The number of nitrogens with one attached hydrogen (secondary N) is 4. The Balaban J connectivity index is 0.000000194. The van der Waals surface area contributed by atoms with Crippen LogP contribution in [0.5, 0.6) is 0 Å². The summed E-state index contributed by atoms with van der Waals surface area (Å²) in [5, 5.41) is 10.5. The van der Waals surface area contributed by atoms with Gasteiger partial charge in [0.25, 0.3) is 23.6 Å². The van der Waals surface area contributed by atoms with E-state index in [9.17, 15) is 95.9 Å². The van der Waals surface area contributed by atoms with Crippen LogP contribution in [0.15, 0.2) is 73.3 Å². The van der Waals surface area contributed by atoms with Gasteiger partial charge in [0.15, 0.2) is 34.7 Å². The van der Waals surface area contributed by atoms with Gasteiger partial charge in [0.1, 0.15) is 35.6 Å². The van der Waals surface area contributed by atoms with Crippen LogP contribution < -0.4 is 21.3 Å². The smallest absolute Gasteiger partial charge is 0.262 e. The quantitative estimate of drug-likeness (QED) is 0.0192. The Bertz CT molecular complexity index is 4950. The molecule has 2 aromatic heterocycles. The zero-order valence-electron chi connectivity index (χ0n) is 85.5. The summed E-state index contributed by atoms with van der Waals surface area (Å²) in [5.74, 6) is -9.04. The summed E-state index contributed by atoms with van der Waals surface area (Å²) in [4.78, 5) is 282. The van der Waals surface area contributed by atoms with Gasteiger partial charge in [-0.3, -0.25) is 126 Å². The molecule has 142 heavy (non-hydrogen) atoms. The molecule has 2 aromatic carbocycles. The molecule has 2 unspecified atom stereocenters. The SMILES string of the molecule is CC.CC.CCC[C@@H](CC(=O)[C@@H]1[C@H]2CCC[C@H]2CN1C(=O)[C@@H](NC(=O)[C@@H](CC(=O)c1cnc(C)cn1)C1CCCCC1)C(C)(C)C)C(=O)C(=O)CC1CC1.CCC[C@@H](CC(=O)[C@@H]1[C@H]2CCC[C@H]2CN1C(=O)[C@@H](NC(=O)[C@@H](CC(=O)c1cnc(C)cn1)C1CCCCC1)C(C)(C)C)C(=O)C(=O)CC1CC1.O=C1CCC(N2C(=O)c3ccccc3C2=O)C(=O)N1.O=C1CCC(N2C(=O)c3ccccc3C2=O)C(=O)N1. The first-order chi connectivity index (χ1) is 67.7. The van der Waals surface area contributed by atoms with Gasteiger partial charge in [-0.15, -0.1) is 0 Å². The average molecular weight is 1960 g/mol. The summed E-state index contributed by atoms with van der Waals surface area (Å²) in [5.41, 5.74) is 1.70. The third kappa shape index (κ3) is 27.3. The standard InChI is InChI=1S/2C40H58N4O6.2C13H10N2O4.2C2H6/c2*1-6-11-27(36(48)34(47)18-25-16-17-25)19-33(46)35-29-15-10-14-28(29)23-44(35)39(50)37(40(3,4)5)43-38(49)30(26-12-8-7-9-13-26)20-32(45)31-22-41-24(2)21-42-31;2*16-10-6-5-9(11(17)14-10)15-12(18)7-3-1-2-4-8(7)13(15)19;2*1-2/h2*21-22,25-30,35,37H,6-20,23H2,1-5H3,(H,43,49);2*1-4,9H,5-6H2,(H,14,16,17);2*1-2H3/t2*27-,28-,29-,30-,35-,37+;;;;/m00..../s1. The minimum atomic E-state index is -0.919. The molecule has 8 heterocycles. The number of fused-ring (bicyclic) bond motifs is 4. The van der Waals surface area contributed by atoms with Crippen LogP contribution in [0.1, 0.15) is 375 Å². The number of Topliss-reactive ketones (excluding diaryl/α,β-unsaturated/α-hetero) is 8. The lowest BCUT2D eigenvalue weighted by atomic mass is 9.76. The van der Waals surface area contributed by atoms with Crippen molar-refractivity contribution in [3.8, 4) is 0 Å². The minimum Gasteiger partial charge on any atom is -0.344 e.